The molecule has 1 aromatic carbocycles. The van der Waals surface area contributed by atoms with Crippen LogP contribution in [0.4, 0.5) is 22.0 Å². The van der Waals surface area contributed by atoms with E-state index in [1.807, 2.05) is 0 Å². The molecule has 2 aromatic rings. The van der Waals surface area contributed by atoms with E-state index in [9.17, 15) is 22.0 Å². The van der Waals surface area contributed by atoms with Gasteiger partial charge in [0.05, 0.1) is 5.56 Å². The van der Waals surface area contributed by atoms with Gasteiger partial charge in [0.2, 0.25) is 5.95 Å². The summed E-state index contributed by atoms with van der Waals surface area (Å²) in [6.45, 7) is 0. The molecule has 0 saturated heterocycles. The van der Waals surface area contributed by atoms with Crippen molar-refractivity contribution in [3.63, 3.8) is 0 Å². The van der Waals surface area contributed by atoms with E-state index in [1.165, 1.54) is 12.1 Å². The van der Waals surface area contributed by atoms with Gasteiger partial charge in [0.15, 0.2) is 0 Å². The molecule has 0 radical (unpaired) electrons. The maximum absolute atomic E-state index is 13.5. The molecular weight excluding hydrogens is 269 g/mol. The number of alkyl halides is 3. The fraction of sp³-hybridized carbons (Fsp3) is 0.0833. The number of halogens is 5. The number of benzene rings is 1. The zero-order valence-corrected chi connectivity index (χ0v) is 9.21. The molecule has 0 unspecified atom stereocenters. The Kier molecular flexibility index (Phi) is 3.37. The average molecular weight is 275 g/mol. The number of rotatable bonds is 2. The van der Waals surface area contributed by atoms with Crippen molar-refractivity contribution in [2.75, 3.05) is 0 Å². The number of aromatic nitrogens is 1. The van der Waals surface area contributed by atoms with Crippen LogP contribution in [-0.2, 0) is 0 Å². The SMILES string of the molecule is Fc1ccnc(F)c1-c1cccc(OC(F)(F)F)c1. The smallest absolute Gasteiger partial charge is 0.406 e. The van der Waals surface area contributed by atoms with E-state index in [0.717, 1.165) is 24.4 Å². The normalized spacial score (nSPS) is 11.4. The minimum absolute atomic E-state index is 0.0927. The Morgan fingerprint density at radius 2 is 1.79 bits per heavy atom. The molecule has 0 bridgehead atoms. The molecule has 0 N–H and O–H groups in total. The third-order valence-corrected chi connectivity index (χ3v) is 2.21. The molecule has 0 aliphatic rings. The Hall–Kier alpha value is -2.18. The third kappa shape index (κ3) is 3.18. The molecular formula is C12H6F5NO. The summed E-state index contributed by atoms with van der Waals surface area (Å²) in [7, 11) is 0. The number of hydrogen-bond donors (Lipinski definition) is 0. The summed E-state index contributed by atoms with van der Waals surface area (Å²) >= 11 is 0. The molecule has 0 saturated carbocycles. The summed E-state index contributed by atoms with van der Waals surface area (Å²) in [5.41, 5.74) is -0.597. The maximum Gasteiger partial charge on any atom is 0.573 e. The maximum atomic E-state index is 13.5. The first-order chi connectivity index (χ1) is 8.87. The Bertz CT molecular complexity index is 577. The van der Waals surface area contributed by atoms with Gasteiger partial charge in [0.25, 0.3) is 0 Å². The molecule has 1 heterocycles. The highest BCUT2D eigenvalue weighted by molar-refractivity contribution is 5.65. The van der Waals surface area contributed by atoms with Crippen molar-refractivity contribution >= 4 is 0 Å². The van der Waals surface area contributed by atoms with Gasteiger partial charge in [-0.15, -0.1) is 13.2 Å². The largest absolute Gasteiger partial charge is 0.573 e. The molecule has 2 nitrogen and oxygen atoms in total. The summed E-state index contributed by atoms with van der Waals surface area (Å²) in [5.74, 6) is -2.59. The first kappa shape index (κ1) is 13.3. The Morgan fingerprint density at radius 3 is 2.42 bits per heavy atom. The Morgan fingerprint density at radius 1 is 1.05 bits per heavy atom. The van der Waals surface area contributed by atoms with Crippen LogP contribution in [0.2, 0.25) is 0 Å². The first-order valence-electron chi connectivity index (χ1n) is 5.03. The van der Waals surface area contributed by atoms with Crippen LogP contribution in [0, 0.1) is 11.8 Å². The molecule has 0 amide bonds. The highest BCUT2D eigenvalue weighted by Crippen LogP contribution is 2.30. The van der Waals surface area contributed by atoms with Crippen LogP contribution in [0.1, 0.15) is 0 Å². The molecule has 0 aliphatic carbocycles. The van der Waals surface area contributed by atoms with Crippen LogP contribution < -0.4 is 4.74 Å². The highest BCUT2D eigenvalue weighted by atomic mass is 19.4. The quantitative estimate of drug-likeness (QED) is 0.612. The van der Waals surface area contributed by atoms with Crippen LogP contribution in [0.15, 0.2) is 36.5 Å². The standard InChI is InChI=1S/C12H6F5NO/c13-9-4-5-18-11(14)10(9)7-2-1-3-8(6-7)19-12(15,16)17/h1-6H. The molecule has 2 rings (SSSR count). The molecule has 7 heteroatoms. The Labute approximate surface area is 104 Å². The molecule has 0 aliphatic heterocycles. The fourth-order valence-electron chi connectivity index (χ4n) is 1.52. The summed E-state index contributed by atoms with van der Waals surface area (Å²) in [6, 6.07) is 5.28. The number of nitrogens with zero attached hydrogens (tertiary/aromatic N) is 1. The van der Waals surface area contributed by atoms with E-state index >= 15 is 0 Å². The summed E-state index contributed by atoms with van der Waals surface area (Å²) in [4.78, 5) is 3.25. The average Bonchev–Trinajstić information content (AvgIpc) is 2.26. The van der Waals surface area contributed by atoms with Crippen molar-refractivity contribution in [2.45, 2.75) is 6.36 Å². The first-order valence-corrected chi connectivity index (χ1v) is 5.03. The molecule has 1 aromatic heterocycles. The lowest BCUT2D eigenvalue weighted by atomic mass is 10.1. The minimum Gasteiger partial charge on any atom is -0.406 e. The molecule has 0 fully saturated rings. The Balaban J connectivity index is 2.44. The van der Waals surface area contributed by atoms with Crippen LogP contribution >= 0.6 is 0 Å². The second-order valence-corrected chi connectivity index (χ2v) is 3.53. The number of hydrogen-bond acceptors (Lipinski definition) is 2. The monoisotopic (exact) mass is 275 g/mol. The van der Waals surface area contributed by atoms with Gasteiger partial charge >= 0.3 is 6.36 Å². The van der Waals surface area contributed by atoms with Gasteiger partial charge in [-0.1, -0.05) is 12.1 Å². The van der Waals surface area contributed by atoms with Crippen LogP contribution in [0.25, 0.3) is 11.1 Å². The summed E-state index contributed by atoms with van der Waals surface area (Å²) in [5, 5.41) is 0. The van der Waals surface area contributed by atoms with Crippen molar-refractivity contribution in [1.82, 2.24) is 4.98 Å². The second-order valence-electron chi connectivity index (χ2n) is 3.53. The van der Waals surface area contributed by atoms with Gasteiger partial charge < -0.3 is 4.74 Å². The highest BCUT2D eigenvalue weighted by Gasteiger charge is 2.31. The molecule has 100 valence electrons. The van der Waals surface area contributed by atoms with Crippen LogP contribution in [-0.4, -0.2) is 11.3 Å². The zero-order valence-electron chi connectivity index (χ0n) is 9.21. The van der Waals surface area contributed by atoms with Gasteiger partial charge in [-0.3, -0.25) is 0 Å². The van der Waals surface area contributed by atoms with E-state index in [0.29, 0.717) is 0 Å². The third-order valence-electron chi connectivity index (χ3n) is 2.21. The minimum atomic E-state index is -4.87. The van der Waals surface area contributed by atoms with Crippen molar-refractivity contribution in [3.8, 4) is 16.9 Å². The van der Waals surface area contributed by atoms with E-state index < -0.39 is 29.4 Å². The van der Waals surface area contributed by atoms with Gasteiger partial charge in [-0.25, -0.2) is 9.37 Å². The summed E-state index contributed by atoms with van der Waals surface area (Å²) < 4.78 is 66.7. The van der Waals surface area contributed by atoms with Gasteiger partial charge in [0.1, 0.15) is 11.6 Å². The second kappa shape index (κ2) is 4.83. The van der Waals surface area contributed by atoms with E-state index in [2.05, 4.69) is 9.72 Å². The van der Waals surface area contributed by atoms with E-state index in [-0.39, 0.29) is 5.56 Å². The van der Waals surface area contributed by atoms with Gasteiger partial charge in [-0.05, 0) is 23.8 Å². The molecule has 0 spiro atoms. The van der Waals surface area contributed by atoms with Crippen LogP contribution in [0.5, 0.6) is 5.75 Å². The van der Waals surface area contributed by atoms with Crippen molar-refractivity contribution in [3.05, 3.63) is 48.3 Å². The lowest BCUT2D eigenvalue weighted by Crippen LogP contribution is -2.17. The summed E-state index contributed by atoms with van der Waals surface area (Å²) in [6.07, 6.45) is -3.95. The topological polar surface area (TPSA) is 22.1 Å². The predicted octanol–water partition coefficient (Wildman–Crippen LogP) is 3.93. The van der Waals surface area contributed by atoms with Crippen molar-refractivity contribution in [2.24, 2.45) is 0 Å². The van der Waals surface area contributed by atoms with Crippen molar-refractivity contribution in [1.29, 1.82) is 0 Å². The fourth-order valence-corrected chi connectivity index (χ4v) is 1.52. The molecule has 0 atom stereocenters. The zero-order chi connectivity index (χ0) is 14.0. The van der Waals surface area contributed by atoms with Gasteiger partial charge in [-0.2, -0.15) is 4.39 Å². The molecule has 19 heavy (non-hydrogen) atoms. The lowest BCUT2D eigenvalue weighted by Gasteiger charge is -2.10. The van der Waals surface area contributed by atoms with Gasteiger partial charge in [0, 0.05) is 6.20 Å². The number of pyridine rings is 1. The van der Waals surface area contributed by atoms with E-state index in [1.54, 1.807) is 0 Å². The van der Waals surface area contributed by atoms with Crippen LogP contribution in [0.3, 0.4) is 0 Å². The van der Waals surface area contributed by atoms with Crippen molar-refractivity contribution < 1.29 is 26.7 Å². The predicted molar refractivity (Wildman–Crippen MR) is 56.3 cm³/mol. The lowest BCUT2D eigenvalue weighted by molar-refractivity contribution is -0.274. The van der Waals surface area contributed by atoms with E-state index in [4.69, 9.17) is 0 Å². The number of ether oxygens (including phenoxy) is 1.